The molecule has 0 radical (unpaired) electrons. The van der Waals surface area contributed by atoms with Gasteiger partial charge >= 0.3 is 0 Å². The third-order valence-corrected chi connectivity index (χ3v) is 4.89. The van der Waals surface area contributed by atoms with Gasteiger partial charge in [-0.25, -0.2) is 9.67 Å². The van der Waals surface area contributed by atoms with Gasteiger partial charge in [-0.15, -0.1) is 0 Å². The highest BCUT2D eigenvalue weighted by atomic mass is 35.5. The molecule has 1 aromatic carbocycles. The highest BCUT2D eigenvalue weighted by Crippen LogP contribution is 2.37. The first-order valence-electron chi connectivity index (χ1n) is 7.74. The lowest BCUT2D eigenvalue weighted by atomic mass is 10.2. The maximum atomic E-state index is 12.8. The van der Waals surface area contributed by atoms with E-state index >= 15 is 0 Å². The summed E-state index contributed by atoms with van der Waals surface area (Å²) >= 11 is 6.27. The maximum Gasteiger partial charge on any atom is 0.289 e. The van der Waals surface area contributed by atoms with Gasteiger partial charge in [0.05, 0.1) is 27.4 Å². The van der Waals surface area contributed by atoms with Crippen molar-refractivity contribution in [2.45, 2.75) is 30.5 Å². The number of fused-ring (bicyclic) bond motifs is 1. The Hall–Kier alpha value is -2.19. The number of rotatable bonds is 5. The summed E-state index contributed by atoms with van der Waals surface area (Å²) in [6, 6.07) is 6.41. The molecular formula is C17H15ClF2N4OS. The van der Waals surface area contributed by atoms with Crippen molar-refractivity contribution in [3.05, 3.63) is 47.2 Å². The van der Waals surface area contributed by atoms with E-state index in [1.165, 1.54) is 18.3 Å². The minimum absolute atomic E-state index is 0.124. The van der Waals surface area contributed by atoms with E-state index in [9.17, 15) is 13.6 Å². The van der Waals surface area contributed by atoms with Crippen molar-refractivity contribution in [2.24, 2.45) is 0 Å². The molecule has 2 aromatic heterocycles. The number of alkyl halides is 2. The van der Waals surface area contributed by atoms with Crippen LogP contribution in [0.25, 0.3) is 11.0 Å². The molecule has 0 bridgehead atoms. The molecule has 0 fully saturated rings. The van der Waals surface area contributed by atoms with Crippen molar-refractivity contribution in [2.75, 3.05) is 5.32 Å². The van der Waals surface area contributed by atoms with Gasteiger partial charge in [0.25, 0.3) is 11.7 Å². The fraction of sp³-hybridized carbons (Fsp3) is 0.235. The van der Waals surface area contributed by atoms with Crippen molar-refractivity contribution in [3.63, 3.8) is 0 Å². The van der Waals surface area contributed by atoms with E-state index in [1.807, 2.05) is 13.8 Å². The van der Waals surface area contributed by atoms with Crippen LogP contribution < -0.4 is 5.32 Å². The number of nitrogens with zero attached hydrogens (tertiary/aromatic N) is 3. The molecule has 0 atom stereocenters. The standard InChI is InChI=1S/C17H15ClF2N4OS/c1-9(2)24-15-10(8-22-24)6-11(7-21-15)16(25)23-13-5-3-4-12(18)14(13)26-17(19)20/h3-9,17H,1-2H3,(H,23,25). The third-order valence-electron chi connectivity index (χ3n) is 3.61. The van der Waals surface area contributed by atoms with Crippen LogP contribution in [0.2, 0.25) is 5.02 Å². The Morgan fingerprint density at radius 1 is 1.31 bits per heavy atom. The molecule has 26 heavy (non-hydrogen) atoms. The second kappa shape index (κ2) is 7.59. The second-order valence-electron chi connectivity index (χ2n) is 5.77. The van der Waals surface area contributed by atoms with E-state index in [4.69, 9.17) is 11.6 Å². The number of amides is 1. The molecule has 0 aliphatic carbocycles. The predicted octanol–water partition coefficient (Wildman–Crippen LogP) is 5.23. The number of carbonyl (C=O) groups excluding carboxylic acids is 1. The van der Waals surface area contributed by atoms with Crippen LogP contribution in [0.3, 0.4) is 0 Å². The Morgan fingerprint density at radius 3 is 2.77 bits per heavy atom. The average molecular weight is 397 g/mol. The Bertz CT molecular complexity index is 961. The first-order chi connectivity index (χ1) is 12.4. The molecule has 1 amide bonds. The zero-order valence-corrected chi connectivity index (χ0v) is 15.5. The normalized spacial score (nSPS) is 11.5. The highest BCUT2D eigenvalue weighted by molar-refractivity contribution is 7.99. The summed E-state index contributed by atoms with van der Waals surface area (Å²) in [5.41, 5.74) is 1.20. The predicted molar refractivity (Wildman–Crippen MR) is 99.2 cm³/mol. The number of anilines is 1. The van der Waals surface area contributed by atoms with Gasteiger partial charge in [0.15, 0.2) is 5.65 Å². The first-order valence-corrected chi connectivity index (χ1v) is 9.00. The van der Waals surface area contributed by atoms with E-state index in [2.05, 4.69) is 15.4 Å². The molecular weight excluding hydrogens is 382 g/mol. The lowest BCUT2D eigenvalue weighted by Gasteiger charge is -2.12. The van der Waals surface area contributed by atoms with Crippen molar-refractivity contribution in [1.82, 2.24) is 14.8 Å². The van der Waals surface area contributed by atoms with Crippen molar-refractivity contribution in [3.8, 4) is 0 Å². The maximum absolute atomic E-state index is 12.8. The monoisotopic (exact) mass is 396 g/mol. The van der Waals surface area contributed by atoms with Gasteiger partial charge in [-0.1, -0.05) is 29.4 Å². The molecule has 2 heterocycles. The number of nitrogens with one attached hydrogen (secondary N) is 1. The van der Waals surface area contributed by atoms with Crippen LogP contribution in [-0.4, -0.2) is 26.4 Å². The topological polar surface area (TPSA) is 59.8 Å². The highest BCUT2D eigenvalue weighted by Gasteiger charge is 2.17. The van der Waals surface area contributed by atoms with Crippen LogP contribution in [0.5, 0.6) is 0 Å². The van der Waals surface area contributed by atoms with Gasteiger partial charge in [-0.05, 0) is 32.0 Å². The SMILES string of the molecule is CC(C)n1ncc2cc(C(=O)Nc3cccc(Cl)c3SC(F)F)cnc21. The summed E-state index contributed by atoms with van der Waals surface area (Å²) in [6.45, 7) is 3.96. The van der Waals surface area contributed by atoms with E-state index in [-0.39, 0.29) is 33.4 Å². The molecule has 5 nitrogen and oxygen atoms in total. The first kappa shape index (κ1) is 18.6. The van der Waals surface area contributed by atoms with E-state index in [1.54, 1.807) is 23.0 Å². The van der Waals surface area contributed by atoms with Crippen LogP contribution in [0.1, 0.15) is 30.2 Å². The number of thioether (sulfide) groups is 1. The summed E-state index contributed by atoms with van der Waals surface area (Å²) in [5, 5.41) is 7.75. The zero-order chi connectivity index (χ0) is 18.8. The summed E-state index contributed by atoms with van der Waals surface area (Å²) < 4.78 is 27.3. The van der Waals surface area contributed by atoms with Crippen LogP contribution in [0.15, 0.2) is 41.6 Å². The van der Waals surface area contributed by atoms with Gasteiger partial charge < -0.3 is 5.32 Å². The van der Waals surface area contributed by atoms with Gasteiger partial charge in [-0.2, -0.15) is 13.9 Å². The number of hydrogen-bond donors (Lipinski definition) is 1. The van der Waals surface area contributed by atoms with Crippen LogP contribution in [0.4, 0.5) is 14.5 Å². The van der Waals surface area contributed by atoms with Gasteiger partial charge in [0, 0.05) is 17.6 Å². The minimum Gasteiger partial charge on any atom is -0.321 e. The third kappa shape index (κ3) is 3.81. The molecule has 136 valence electrons. The molecule has 0 aliphatic rings. The number of pyridine rings is 1. The van der Waals surface area contributed by atoms with Gasteiger partial charge in [-0.3, -0.25) is 4.79 Å². The van der Waals surface area contributed by atoms with Gasteiger partial charge in [0.2, 0.25) is 0 Å². The molecule has 3 rings (SSSR count). The fourth-order valence-corrected chi connectivity index (χ4v) is 3.37. The largest absolute Gasteiger partial charge is 0.321 e. The van der Waals surface area contributed by atoms with Crippen molar-refractivity contribution < 1.29 is 13.6 Å². The quantitative estimate of drug-likeness (QED) is 0.599. The van der Waals surface area contributed by atoms with Gasteiger partial charge in [0.1, 0.15) is 0 Å². The van der Waals surface area contributed by atoms with E-state index in [0.29, 0.717) is 11.2 Å². The fourth-order valence-electron chi connectivity index (χ4n) is 2.45. The van der Waals surface area contributed by atoms with Crippen LogP contribution in [0, 0.1) is 0 Å². The smallest absolute Gasteiger partial charge is 0.289 e. The molecule has 0 aliphatic heterocycles. The Labute approximate surface area is 157 Å². The number of aromatic nitrogens is 3. The minimum atomic E-state index is -2.65. The lowest BCUT2D eigenvalue weighted by molar-refractivity contribution is 0.102. The number of hydrogen-bond acceptors (Lipinski definition) is 4. The molecule has 0 unspecified atom stereocenters. The molecule has 0 spiro atoms. The summed E-state index contributed by atoms with van der Waals surface area (Å²) in [6.07, 6.45) is 3.07. The molecule has 3 aromatic rings. The molecule has 0 saturated heterocycles. The average Bonchev–Trinajstić information content (AvgIpc) is 3.01. The van der Waals surface area contributed by atoms with Crippen molar-refractivity contribution in [1.29, 1.82) is 0 Å². The van der Waals surface area contributed by atoms with Crippen molar-refractivity contribution >= 4 is 46.0 Å². The molecule has 0 saturated carbocycles. The zero-order valence-electron chi connectivity index (χ0n) is 13.9. The van der Waals surface area contributed by atoms with E-state index in [0.717, 1.165) is 5.39 Å². The number of benzene rings is 1. The second-order valence-corrected chi connectivity index (χ2v) is 7.18. The summed E-state index contributed by atoms with van der Waals surface area (Å²) in [5.74, 6) is -3.11. The van der Waals surface area contributed by atoms with Crippen LogP contribution >= 0.6 is 23.4 Å². The van der Waals surface area contributed by atoms with Crippen LogP contribution in [-0.2, 0) is 0 Å². The Balaban J connectivity index is 1.89. The lowest BCUT2D eigenvalue weighted by Crippen LogP contribution is -2.13. The summed E-state index contributed by atoms with van der Waals surface area (Å²) in [4.78, 5) is 17.0. The number of carbonyl (C=O) groups is 1. The summed E-state index contributed by atoms with van der Waals surface area (Å²) in [7, 11) is 0. The Morgan fingerprint density at radius 2 is 2.08 bits per heavy atom. The molecule has 1 N–H and O–H groups in total. The van der Waals surface area contributed by atoms with E-state index < -0.39 is 11.7 Å². The Kier molecular flexibility index (Phi) is 5.43. The number of halogens is 3. The molecule has 9 heteroatoms.